The molecule has 0 saturated carbocycles. The molecule has 0 aromatic rings. The van der Waals surface area contributed by atoms with Crippen LogP contribution in [0.3, 0.4) is 0 Å². The van der Waals surface area contributed by atoms with Gasteiger partial charge < -0.3 is 14.5 Å². The SMILES string of the molecule is CCCCCCC1=C(P(=O)(O)OCC)C[C@H](C(=O)O)CS1. The van der Waals surface area contributed by atoms with Gasteiger partial charge in [-0.25, -0.2) is 0 Å². The van der Waals surface area contributed by atoms with Crippen LogP contribution in [0.25, 0.3) is 0 Å². The van der Waals surface area contributed by atoms with Crippen molar-refractivity contribution in [3.63, 3.8) is 0 Å². The van der Waals surface area contributed by atoms with Crippen molar-refractivity contribution in [3.05, 3.63) is 10.2 Å². The third-order valence-electron chi connectivity index (χ3n) is 3.47. The normalized spacial score (nSPS) is 22.1. The highest BCUT2D eigenvalue weighted by atomic mass is 32.2. The molecule has 0 amide bonds. The van der Waals surface area contributed by atoms with E-state index in [-0.39, 0.29) is 13.0 Å². The lowest BCUT2D eigenvalue weighted by Crippen LogP contribution is -2.21. The van der Waals surface area contributed by atoms with E-state index in [0.717, 1.165) is 37.0 Å². The van der Waals surface area contributed by atoms with Crippen molar-refractivity contribution in [2.24, 2.45) is 5.92 Å². The number of carboxylic acids is 1. The van der Waals surface area contributed by atoms with Crippen molar-refractivity contribution in [2.75, 3.05) is 12.4 Å². The number of thioether (sulfide) groups is 1. The molecule has 0 fully saturated rings. The Morgan fingerprint density at radius 2 is 2.10 bits per heavy atom. The quantitative estimate of drug-likeness (QED) is 0.484. The summed E-state index contributed by atoms with van der Waals surface area (Å²) in [5.41, 5.74) is 0. The molecular formula is C14H25O5PS. The summed E-state index contributed by atoms with van der Waals surface area (Å²) in [7, 11) is -3.86. The lowest BCUT2D eigenvalue weighted by Gasteiger charge is -2.26. The van der Waals surface area contributed by atoms with Gasteiger partial charge in [0.25, 0.3) is 0 Å². The first-order valence-corrected chi connectivity index (χ1v) is 10.0. The number of aliphatic carboxylic acids is 1. The second-order valence-electron chi connectivity index (χ2n) is 5.17. The molecular weight excluding hydrogens is 311 g/mol. The van der Waals surface area contributed by atoms with Gasteiger partial charge >= 0.3 is 13.6 Å². The summed E-state index contributed by atoms with van der Waals surface area (Å²) in [4.78, 5) is 22.1. The van der Waals surface area contributed by atoms with Crippen LogP contribution in [-0.2, 0) is 13.9 Å². The van der Waals surface area contributed by atoms with Crippen molar-refractivity contribution in [3.8, 4) is 0 Å². The predicted molar refractivity (Wildman–Crippen MR) is 85.4 cm³/mol. The van der Waals surface area contributed by atoms with Gasteiger partial charge in [0.05, 0.1) is 17.8 Å². The molecule has 0 radical (unpaired) electrons. The van der Waals surface area contributed by atoms with Gasteiger partial charge in [-0.05, 0) is 31.1 Å². The summed E-state index contributed by atoms with van der Waals surface area (Å²) in [6.45, 7) is 3.94. The molecule has 0 aromatic heterocycles. The standard InChI is InChI=1S/C14H25O5PS/c1-3-5-6-7-8-13-12(20(17,18)19-4-2)9-11(10-21-13)14(15)16/h11H,3-10H2,1-2H3,(H,15,16)(H,17,18)/t11-/m0/s1. The van der Waals surface area contributed by atoms with E-state index in [2.05, 4.69) is 6.92 Å². The molecule has 1 rings (SSSR count). The molecule has 1 aliphatic heterocycles. The van der Waals surface area contributed by atoms with Crippen LogP contribution in [0.2, 0.25) is 0 Å². The molecule has 2 atom stereocenters. The summed E-state index contributed by atoms with van der Waals surface area (Å²) >= 11 is 1.41. The molecule has 1 aliphatic rings. The number of carbonyl (C=O) groups is 1. The lowest BCUT2D eigenvalue weighted by atomic mass is 10.1. The van der Waals surface area contributed by atoms with Gasteiger partial charge in [-0.2, -0.15) is 0 Å². The molecule has 1 unspecified atom stereocenters. The molecule has 0 spiro atoms. The fourth-order valence-corrected chi connectivity index (χ4v) is 5.43. The monoisotopic (exact) mass is 336 g/mol. The van der Waals surface area contributed by atoms with Crippen LogP contribution in [0.4, 0.5) is 0 Å². The lowest BCUT2D eigenvalue weighted by molar-refractivity contribution is -0.140. The third kappa shape index (κ3) is 5.78. The Balaban J connectivity index is 2.87. The molecule has 21 heavy (non-hydrogen) atoms. The minimum absolute atomic E-state index is 0.124. The van der Waals surface area contributed by atoms with Crippen LogP contribution in [0.15, 0.2) is 10.2 Å². The first kappa shape index (κ1) is 18.8. The summed E-state index contributed by atoms with van der Waals surface area (Å²) in [6, 6.07) is 0. The van der Waals surface area contributed by atoms with E-state index in [1.54, 1.807) is 6.92 Å². The van der Waals surface area contributed by atoms with E-state index in [4.69, 9.17) is 9.63 Å². The maximum Gasteiger partial charge on any atom is 0.355 e. The number of hydrogen-bond acceptors (Lipinski definition) is 4. The maximum atomic E-state index is 12.3. The Hall–Kier alpha value is -0.290. The largest absolute Gasteiger partial charge is 0.481 e. The molecule has 0 aromatic carbocycles. The van der Waals surface area contributed by atoms with Crippen molar-refractivity contribution < 1.29 is 23.9 Å². The molecule has 1 heterocycles. The summed E-state index contributed by atoms with van der Waals surface area (Å²) < 4.78 is 17.3. The highest BCUT2D eigenvalue weighted by Gasteiger charge is 2.36. The van der Waals surface area contributed by atoms with Gasteiger partial charge in [0.15, 0.2) is 0 Å². The molecule has 7 heteroatoms. The Labute approximate surface area is 130 Å². The first-order chi connectivity index (χ1) is 9.92. The van der Waals surface area contributed by atoms with Gasteiger partial charge in [0, 0.05) is 5.75 Å². The minimum Gasteiger partial charge on any atom is -0.481 e. The van der Waals surface area contributed by atoms with Crippen LogP contribution >= 0.6 is 19.4 Å². The highest BCUT2D eigenvalue weighted by molar-refractivity contribution is 8.03. The molecule has 2 N–H and O–H groups in total. The minimum atomic E-state index is -3.86. The fraction of sp³-hybridized carbons (Fsp3) is 0.786. The number of rotatable bonds is 9. The highest BCUT2D eigenvalue weighted by Crippen LogP contribution is 2.58. The van der Waals surface area contributed by atoms with Crippen molar-refractivity contribution in [2.45, 2.75) is 52.4 Å². The van der Waals surface area contributed by atoms with Gasteiger partial charge in [0.2, 0.25) is 0 Å². The number of allylic oxidation sites excluding steroid dienone is 2. The topological polar surface area (TPSA) is 83.8 Å². The van der Waals surface area contributed by atoms with Crippen LogP contribution in [0.1, 0.15) is 52.4 Å². The maximum absolute atomic E-state index is 12.3. The van der Waals surface area contributed by atoms with E-state index in [0.29, 0.717) is 11.1 Å². The van der Waals surface area contributed by atoms with Gasteiger partial charge in [-0.15, -0.1) is 11.8 Å². The molecule has 5 nitrogen and oxygen atoms in total. The molecule has 122 valence electrons. The number of hydrogen-bond donors (Lipinski definition) is 2. The number of unbranched alkanes of at least 4 members (excludes halogenated alkanes) is 3. The Morgan fingerprint density at radius 1 is 1.38 bits per heavy atom. The summed E-state index contributed by atoms with van der Waals surface area (Å²) in [5.74, 6) is -1.06. The van der Waals surface area contributed by atoms with Gasteiger partial charge in [-0.1, -0.05) is 26.2 Å². The van der Waals surface area contributed by atoms with E-state index < -0.39 is 19.5 Å². The van der Waals surface area contributed by atoms with Gasteiger partial charge in [0.1, 0.15) is 0 Å². The second-order valence-corrected chi connectivity index (χ2v) is 8.12. The third-order valence-corrected chi connectivity index (χ3v) is 6.73. The van der Waals surface area contributed by atoms with Crippen molar-refractivity contribution >= 4 is 25.3 Å². The van der Waals surface area contributed by atoms with Crippen LogP contribution in [0.5, 0.6) is 0 Å². The average Bonchev–Trinajstić information content (AvgIpc) is 2.43. The van der Waals surface area contributed by atoms with Crippen molar-refractivity contribution in [1.29, 1.82) is 0 Å². The zero-order valence-electron chi connectivity index (χ0n) is 12.7. The smallest absolute Gasteiger partial charge is 0.355 e. The number of carboxylic acid groups (broad SMARTS) is 1. The van der Waals surface area contributed by atoms with Crippen LogP contribution < -0.4 is 0 Å². The van der Waals surface area contributed by atoms with E-state index >= 15 is 0 Å². The summed E-state index contributed by atoms with van der Waals surface area (Å²) in [6.07, 6.45) is 5.19. The second kappa shape index (κ2) is 8.99. The Kier molecular flexibility index (Phi) is 8.03. The average molecular weight is 336 g/mol. The molecule has 0 aliphatic carbocycles. The Morgan fingerprint density at radius 3 is 2.67 bits per heavy atom. The van der Waals surface area contributed by atoms with Crippen molar-refractivity contribution in [1.82, 2.24) is 0 Å². The fourth-order valence-electron chi connectivity index (χ4n) is 2.30. The zero-order valence-corrected chi connectivity index (χ0v) is 14.4. The van der Waals surface area contributed by atoms with E-state index in [1.807, 2.05) is 0 Å². The van der Waals surface area contributed by atoms with Crippen LogP contribution in [-0.4, -0.2) is 28.3 Å². The van der Waals surface area contributed by atoms with Crippen LogP contribution in [0, 0.1) is 5.92 Å². The zero-order chi connectivity index (χ0) is 15.9. The first-order valence-electron chi connectivity index (χ1n) is 7.47. The molecule has 0 bridgehead atoms. The van der Waals surface area contributed by atoms with E-state index in [9.17, 15) is 14.3 Å². The Bertz CT molecular complexity index is 435. The summed E-state index contributed by atoms with van der Waals surface area (Å²) in [5, 5.41) is 9.46. The molecule has 0 saturated heterocycles. The van der Waals surface area contributed by atoms with Gasteiger partial charge in [-0.3, -0.25) is 9.36 Å². The predicted octanol–water partition coefficient (Wildman–Crippen LogP) is 4.23. The van der Waals surface area contributed by atoms with E-state index in [1.165, 1.54) is 11.8 Å².